The van der Waals surface area contributed by atoms with Gasteiger partial charge in [-0.05, 0) is 60.9 Å². The Bertz CT molecular complexity index is 1240. The molecular weight excluding hydrogens is 452 g/mol. The molecule has 34 heavy (non-hydrogen) atoms. The Balaban J connectivity index is 1.45. The fourth-order valence-corrected chi connectivity index (χ4v) is 5.21. The molecule has 1 amide bonds. The van der Waals surface area contributed by atoms with Crippen molar-refractivity contribution in [3.63, 3.8) is 0 Å². The van der Waals surface area contributed by atoms with Crippen LogP contribution in [-0.4, -0.2) is 40.1 Å². The predicted molar refractivity (Wildman–Crippen MR) is 131 cm³/mol. The minimum Gasteiger partial charge on any atom is -0.492 e. The smallest absolute Gasteiger partial charge is 0.264 e. The van der Waals surface area contributed by atoms with Gasteiger partial charge in [0.2, 0.25) is 0 Å². The minimum absolute atomic E-state index is 0.126. The number of nitrogens with zero attached hydrogens (tertiary/aromatic N) is 1. The number of rotatable bonds is 8. The Morgan fingerprint density at radius 2 is 1.82 bits per heavy atom. The van der Waals surface area contributed by atoms with Gasteiger partial charge in [0.25, 0.3) is 15.9 Å². The van der Waals surface area contributed by atoms with Crippen molar-refractivity contribution in [3.8, 4) is 11.5 Å². The van der Waals surface area contributed by atoms with Gasteiger partial charge >= 0.3 is 0 Å². The molecule has 3 aromatic carbocycles. The van der Waals surface area contributed by atoms with E-state index < -0.39 is 22.0 Å². The summed E-state index contributed by atoms with van der Waals surface area (Å²) in [5.41, 5.74) is 2.54. The third kappa shape index (κ3) is 5.17. The monoisotopic (exact) mass is 480 g/mol. The molecule has 7 nitrogen and oxygen atoms in total. The Morgan fingerprint density at radius 3 is 2.53 bits per heavy atom. The summed E-state index contributed by atoms with van der Waals surface area (Å²) >= 11 is 0. The van der Waals surface area contributed by atoms with Crippen molar-refractivity contribution in [3.05, 3.63) is 83.9 Å². The Morgan fingerprint density at radius 1 is 1.09 bits per heavy atom. The number of aryl methyl sites for hydroxylation is 2. The number of hydrogen-bond acceptors (Lipinski definition) is 5. The molecule has 0 bridgehead atoms. The fraction of sp³-hybridized carbons (Fsp3) is 0.269. The van der Waals surface area contributed by atoms with Crippen molar-refractivity contribution in [1.29, 1.82) is 0 Å². The third-order valence-electron chi connectivity index (χ3n) is 5.61. The van der Waals surface area contributed by atoms with E-state index in [0.717, 1.165) is 17.7 Å². The number of anilines is 1. The number of fused-ring (bicyclic) bond motifs is 1. The molecule has 0 spiro atoms. The number of carbonyl (C=O) groups excluding carboxylic acids is 1. The van der Waals surface area contributed by atoms with E-state index in [1.165, 1.54) is 9.87 Å². The van der Waals surface area contributed by atoms with E-state index in [1.54, 1.807) is 42.5 Å². The van der Waals surface area contributed by atoms with Crippen LogP contribution >= 0.6 is 0 Å². The van der Waals surface area contributed by atoms with Gasteiger partial charge in [0.05, 0.1) is 23.7 Å². The Labute approximate surface area is 200 Å². The van der Waals surface area contributed by atoms with Crippen molar-refractivity contribution in [2.24, 2.45) is 0 Å². The molecule has 4 rings (SSSR count). The molecule has 0 saturated heterocycles. The molecule has 1 heterocycles. The number of ether oxygens (including phenoxy) is 2. The molecule has 1 N–H and O–H groups in total. The van der Waals surface area contributed by atoms with E-state index in [2.05, 4.69) is 12.2 Å². The van der Waals surface area contributed by atoms with Gasteiger partial charge in [-0.1, -0.05) is 43.3 Å². The fourth-order valence-electron chi connectivity index (χ4n) is 3.72. The lowest BCUT2D eigenvalue weighted by atomic mass is 10.1. The van der Waals surface area contributed by atoms with Gasteiger partial charge in [-0.25, -0.2) is 8.42 Å². The Kier molecular flexibility index (Phi) is 7.07. The summed E-state index contributed by atoms with van der Waals surface area (Å²) in [7, 11) is -3.88. The van der Waals surface area contributed by atoms with Gasteiger partial charge in [-0.3, -0.25) is 9.10 Å². The second kappa shape index (κ2) is 10.2. The second-order valence-electron chi connectivity index (χ2n) is 8.06. The van der Waals surface area contributed by atoms with Crippen molar-refractivity contribution < 1.29 is 22.7 Å². The predicted octanol–water partition coefficient (Wildman–Crippen LogP) is 3.71. The molecule has 1 atom stereocenters. The highest BCUT2D eigenvalue weighted by atomic mass is 32.2. The molecule has 0 aromatic heterocycles. The number of nitrogens with one attached hydrogen (secondary N) is 1. The maximum Gasteiger partial charge on any atom is 0.264 e. The number of sulfonamides is 1. The van der Waals surface area contributed by atoms with Gasteiger partial charge in [0.1, 0.15) is 18.1 Å². The zero-order valence-corrected chi connectivity index (χ0v) is 20.0. The third-order valence-corrected chi connectivity index (χ3v) is 7.40. The van der Waals surface area contributed by atoms with Crippen LogP contribution in [0.3, 0.4) is 0 Å². The van der Waals surface area contributed by atoms with Gasteiger partial charge < -0.3 is 14.8 Å². The molecule has 1 aliphatic rings. The summed E-state index contributed by atoms with van der Waals surface area (Å²) in [4.78, 5) is 13.0. The van der Waals surface area contributed by atoms with E-state index in [1.807, 2.05) is 37.3 Å². The zero-order valence-electron chi connectivity index (χ0n) is 19.2. The second-order valence-corrected chi connectivity index (χ2v) is 9.93. The lowest BCUT2D eigenvalue weighted by Gasteiger charge is -2.35. The Hall–Kier alpha value is -3.52. The standard InChI is InChI=1S/C26H28N2O5S/c1-3-20-10-12-21(13-11-20)32-16-15-27-26(29)25-18-28(23-17-19(2)9-14-24(23)33-25)34(30,31)22-7-5-4-6-8-22/h4-14,17,25H,3,15-16,18H2,1-2H3,(H,27,29)/t25-/m1/s1. The highest BCUT2D eigenvalue weighted by Crippen LogP contribution is 2.37. The van der Waals surface area contributed by atoms with E-state index in [-0.39, 0.29) is 24.6 Å². The zero-order chi connectivity index (χ0) is 24.1. The van der Waals surface area contributed by atoms with Crippen LogP contribution in [-0.2, 0) is 21.2 Å². The van der Waals surface area contributed by atoms with Crippen molar-refractivity contribution >= 4 is 21.6 Å². The lowest BCUT2D eigenvalue weighted by molar-refractivity contribution is -0.127. The molecule has 0 fully saturated rings. The average molecular weight is 481 g/mol. The lowest BCUT2D eigenvalue weighted by Crippen LogP contribution is -2.51. The molecule has 0 saturated carbocycles. The number of amides is 1. The van der Waals surface area contributed by atoms with Crippen LogP contribution in [0.5, 0.6) is 11.5 Å². The molecule has 8 heteroatoms. The maximum atomic E-state index is 13.4. The first-order chi connectivity index (χ1) is 16.4. The molecule has 0 aliphatic carbocycles. The van der Waals surface area contributed by atoms with Crippen molar-refractivity contribution in [1.82, 2.24) is 5.32 Å². The van der Waals surface area contributed by atoms with Crippen LogP contribution in [0.15, 0.2) is 77.7 Å². The van der Waals surface area contributed by atoms with Crippen LogP contribution in [0, 0.1) is 6.92 Å². The van der Waals surface area contributed by atoms with E-state index >= 15 is 0 Å². The van der Waals surface area contributed by atoms with Crippen molar-refractivity contribution in [2.45, 2.75) is 31.3 Å². The highest BCUT2D eigenvalue weighted by Gasteiger charge is 2.37. The number of carbonyl (C=O) groups is 1. The largest absolute Gasteiger partial charge is 0.492 e. The summed E-state index contributed by atoms with van der Waals surface area (Å²) in [6, 6.07) is 21.3. The first-order valence-electron chi connectivity index (χ1n) is 11.2. The van der Waals surface area contributed by atoms with Crippen molar-refractivity contribution in [2.75, 3.05) is 24.0 Å². The molecule has 3 aromatic rings. The number of benzene rings is 3. The summed E-state index contributed by atoms with van der Waals surface area (Å²) in [5, 5.41) is 2.79. The first-order valence-corrected chi connectivity index (χ1v) is 12.7. The van der Waals surface area contributed by atoms with Crippen LogP contribution < -0.4 is 19.1 Å². The van der Waals surface area contributed by atoms with Crippen LogP contribution in [0.1, 0.15) is 18.1 Å². The molecule has 178 valence electrons. The van der Waals surface area contributed by atoms with E-state index in [9.17, 15) is 13.2 Å². The van der Waals surface area contributed by atoms with Gasteiger partial charge in [-0.15, -0.1) is 0 Å². The SMILES string of the molecule is CCc1ccc(OCCNC(=O)[C@H]2CN(S(=O)(=O)c3ccccc3)c3cc(C)ccc3O2)cc1. The van der Waals surface area contributed by atoms with Crippen LogP contribution in [0.4, 0.5) is 5.69 Å². The molecule has 0 unspecified atom stereocenters. The first kappa shape index (κ1) is 23.6. The van der Waals surface area contributed by atoms with Gasteiger partial charge in [-0.2, -0.15) is 0 Å². The quantitative estimate of drug-likeness (QED) is 0.497. The number of hydrogen-bond donors (Lipinski definition) is 1. The van der Waals surface area contributed by atoms with E-state index in [0.29, 0.717) is 11.4 Å². The minimum atomic E-state index is -3.88. The highest BCUT2D eigenvalue weighted by molar-refractivity contribution is 7.92. The topological polar surface area (TPSA) is 84.9 Å². The summed E-state index contributed by atoms with van der Waals surface area (Å²) in [5.74, 6) is 0.679. The summed E-state index contributed by atoms with van der Waals surface area (Å²) in [6.45, 7) is 4.39. The van der Waals surface area contributed by atoms with Gasteiger partial charge in [0, 0.05) is 0 Å². The summed E-state index contributed by atoms with van der Waals surface area (Å²) in [6.07, 6.45) is -0.0326. The molecule has 1 aliphatic heterocycles. The van der Waals surface area contributed by atoms with Gasteiger partial charge in [0.15, 0.2) is 6.10 Å². The molecular formula is C26H28N2O5S. The van der Waals surface area contributed by atoms with Crippen LogP contribution in [0.25, 0.3) is 0 Å². The average Bonchev–Trinajstić information content (AvgIpc) is 2.86. The molecule has 0 radical (unpaired) electrons. The van der Waals surface area contributed by atoms with E-state index in [4.69, 9.17) is 9.47 Å². The van der Waals surface area contributed by atoms with Crippen LogP contribution in [0.2, 0.25) is 0 Å². The summed E-state index contributed by atoms with van der Waals surface area (Å²) < 4.78 is 39.7. The normalized spacial score (nSPS) is 15.2. The maximum absolute atomic E-state index is 13.4.